The van der Waals surface area contributed by atoms with E-state index >= 15 is 0 Å². The van der Waals surface area contributed by atoms with Crippen LogP contribution in [0.2, 0.25) is 0 Å². The van der Waals surface area contributed by atoms with E-state index in [1.807, 2.05) is 0 Å². The van der Waals surface area contributed by atoms with Crippen LogP contribution in [0.15, 0.2) is 16.5 Å². The van der Waals surface area contributed by atoms with E-state index in [4.69, 9.17) is 4.42 Å². The summed E-state index contributed by atoms with van der Waals surface area (Å²) in [6.45, 7) is 1.65. The Hall–Kier alpha value is -1.42. The Morgan fingerprint density at radius 1 is 1.35 bits per heavy atom. The van der Waals surface area contributed by atoms with Crippen LogP contribution in [0.4, 0.5) is 8.78 Å². The van der Waals surface area contributed by atoms with Gasteiger partial charge in [-0.15, -0.1) is 0 Å². The maximum atomic E-state index is 13.6. The van der Waals surface area contributed by atoms with Crippen molar-refractivity contribution in [1.29, 1.82) is 0 Å². The molecule has 0 aliphatic heterocycles. The number of aliphatic hydroxyl groups excluding tert-OH is 1. The quantitative estimate of drug-likeness (QED) is 0.869. The van der Waals surface area contributed by atoms with Crippen LogP contribution in [0, 0.1) is 24.5 Å². The second-order valence-electron chi connectivity index (χ2n) is 4.66. The largest absolute Gasteiger partial charge is 0.458 e. The van der Waals surface area contributed by atoms with Gasteiger partial charge in [0, 0.05) is 0 Å². The average molecular weight is 238 g/mol. The van der Waals surface area contributed by atoms with Crippen molar-refractivity contribution < 1.29 is 18.3 Å². The smallest absolute Gasteiger partial charge is 0.169 e. The fourth-order valence-corrected chi connectivity index (χ4v) is 2.10. The van der Waals surface area contributed by atoms with Crippen molar-refractivity contribution in [3.63, 3.8) is 0 Å². The summed E-state index contributed by atoms with van der Waals surface area (Å²) in [6.07, 6.45) is 1.20. The third-order valence-electron chi connectivity index (χ3n) is 3.26. The predicted molar refractivity (Wildman–Crippen MR) is 58.6 cm³/mol. The van der Waals surface area contributed by atoms with E-state index in [2.05, 4.69) is 0 Å². The van der Waals surface area contributed by atoms with E-state index in [9.17, 15) is 13.9 Å². The van der Waals surface area contributed by atoms with Crippen molar-refractivity contribution in [2.45, 2.75) is 25.9 Å². The molecule has 1 aromatic carbocycles. The minimum Gasteiger partial charge on any atom is -0.458 e. The summed E-state index contributed by atoms with van der Waals surface area (Å²) in [4.78, 5) is 0. The van der Waals surface area contributed by atoms with Crippen LogP contribution < -0.4 is 0 Å². The molecule has 1 fully saturated rings. The summed E-state index contributed by atoms with van der Waals surface area (Å²) in [7, 11) is 0. The second kappa shape index (κ2) is 3.53. The van der Waals surface area contributed by atoms with Gasteiger partial charge in [0.15, 0.2) is 11.6 Å². The summed E-state index contributed by atoms with van der Waals surface area (Å²) in [5, 5.41) is 10.0. The topological polar surface area (TPSA) is 33.4 Å². The third kappa shape index (κ3) is 1.63. The molecule has 0 spiro atoms. The maximum absolute atomic E-state index is 13.6. The maximum Gasteiger partial charge on any atom is 0.169 e. The summed E-state index contributed by atoms with van der Waals surface area (Å²) >= 11 is 0. The Kier molecular flexibility index (Phi) is 2.23. The highest BCUT2D eigenvalue weighted by atomic mass is 19.2. The molecule has 1 N–H and O–H groups in total. The van der Waals surface area contributed by atoms with Gasteiger partial charge in [-0.3, -0.25) is 0 Å². The van der Waals surface area contributed by atoms with Gasteiger partial charge in [0.1, 0.15) is 17.4 Å². The zero-order valence-electron chi connectivity index (χ0n) is 9.34. The van der Waals surface area contributed by atoms with Crippen molar-refractivity contribution in [2.24, 2.45) is 5.92 Å². The first-order chi connectivity index (χ1) is 8.08. The van der Waals surface area contributed by atoms with Crippen molar-refractivity contribution in [3.05, 3.63) is 35.1 Å². The molecule has 1 atom stereocenters. The Bertz CT molecular complexity index is 585. The van der Waals surface area contributed by atoms with Gasteiger partial charge in [-0.05, 0) is 43.4 Å². The standard InChI is InChI=1S/C13H12F2O2/c1-6-4-9(14)11(15)8-5-10(17-13(6)8)12(16)7-2-3-7/h4-5,7,12,16H,2-3H2,1H3. The number of aryl methyl sites for hydroxylation is 1. The van der Waals surface area contributed by atoms with E-state index in [0.29, 0.717) is 16.9 Å². The average Bonchev–Trinajstić information content (AvgIpc) is 3.03. The molecule has 1 aliphatic rings. The molecule has 0 saturated heterocycles. The highest BCUT2D eigenvalue weighted by molar-refractivity contribution is 5.81. The molecule has 1 aromatic heterocycles. The van der Waals surface area contributed by atoms with Crippen LogP contribution in [0.25, 0.3) is 11.0 Å². The monoisotopic (exact) mass is 238 g/mol. The van der Waals surface area contributed by atoms with E-state index in [1.54, 1.807) is 6.92 Å². The highest BCUT2D eigenvalue weighted by Crippen LogP contribution is 2.42. The van der Waals surface area contributed by atoms with E-state index in [0.717, 1.165) is 18.9 Å². The molecule has 2 nitrogen and oxygen atoms in total. The molecule has 17 heavy (non-hydrogen) atoms. The van der Waals surface area contributed by atoms with Gasteiger partial charge < -0.3 is 9.52 Å². The number of furan rings is 1. The van der Waals surface area contributed by atoms with E-state index in [-0.39, 0.29) is 11.3 Å². The number of aliphatic hydroxyl groups is 1. The third-order valence-corrected chi connectivity index (χ3v) is 3.26. The fraction of sp³-hybridized carbons (Fsp3) is 0.385. The molecule has 0 amide bonds. The first-order valence-corrected chi connectivity index (χ1v) is 5.64. The van der Waals surface area contributed by atoms with Gasteiger partial charge in [-0.1, -0.05) is 0 Å². The number of hydrogen-bond donors (Lipinski definition) is 1. The zero-order chi connectivity index (χ0) is 12.2. The Morgan fingerprint density at radius 2 is 2.06 bits per heavy atom. The first kappa shape index (κ1) is 10.7. The van der Waals surface area contributed by atoms with Crippen LogP contribution in [-0.2, 0) is 0 Å². The SMILES string of the molecule is Cc1cc(F)c(F)c2cc(C(O)C3CC3)oc12. The van der Waals surface area contributed by atoms with Gasteiger partial charge >= 0.3 is 0 Å². The normalized spacial score (nSPS) is 17.6. The molecule has 1 aliphatic carbocycles. The lowest BCUT2D eigenvalue weighted by Gasteiger charge is -2.03. The van der Waals surface area contributed by atoms with E-state index in [1.165, 1.54) is 6.07 Å². The zero-order valence-corrected chi connectivity index (χ0v) is 9.34. The van der Waals surface area contributed by atoms with Crippen LogP contribution in [0.1, 0.15) is 30.3 Å². The van der Waals surface area contributed by atoms with Crippen molar-refractivity contribution >= 4 is 11.0 Å². The molecule has 0 radical (unpaired) electrons. The lowest BCUT2D eigenvalue weighted by Crippen LogP contribution is -1.96. The molecule has 0 bridgehead atoms. The van der Waals surface area contributed by atoms with Crippen molar-refractivity contribution in [2.75, 3.05) is 0 Å². The van der Waals surface area contributed by atoms with Crippen LogP contribution in [-0.4, -0.2) is 5.11 Å². The fourth-order valence-electron chi connectivity index (χ4n) is 2.10. The molecule has 4 heteroatoms. The molecule has 1 saturated carbocycles. The molecule has 1 unspecified atom stereocenters. The number of rotatable bonds is 2. The van der Waals surface area contributed by atoms with Crippen LogP contribution in [0.5, 0.6) is 0 Å². The Morgan fingerprint density at radius 3 is 2.71 bits per heavy atom. The summed E-state index contributed by atoms with van der Waals surface area (Å²) in [5.74, 6) is -1.27. The summed E-state index contributed by atoms with van der Waals surface area (Å²) < 4.78 is 32.2. The minimum absolute atomic E-state index is 0.109. The van der Waals surface area contributed by atoms with E-state index < -0.39 is 17.7 Å². The lowest BCUT2D eigenvalue weighted by atomic mass is 10.1. The molecular formula is C13H12F2O2. The summed E-state index contributed by atoms with van der Waals surface area (Å²) in [5.41, 5.74) is 0.853. The van der Waals surface area contributed by atoms with Crippen LogP contribution in [0.3, 0.4) is 0 Å². The van der Waals surface area contributed by atoms with Crippen molar-refractivity contribution in [3.8, 4) is 0 Å². The first-order valence-electron chi connectivity index (χ1n) is 5.64. The van der Waals surface area contributed by atoms with Crippen LogP contribution >= 0.6 is 0 Å². The lowest BCUT2D eigenvalue weighted by molar-refractivity contribution is 0.129. The number of fused-ring (bicyclic) bond motifs is 1. The molecule has 2 aromatic rings. The summed E-state index contributed by atoms with van der Waals surface area (Å²) in [6, 6.07) is 2.51. The molecule has 90 valence electrons. The number of hydrogen-bond acceptors (Lipinski definition) is 2. The predicted octanol–water partition coefficient (Wildman–Crippen LogP) is 3.46. The molecule has 1 heterocycles. The Labute approximate surface area is 96.9 Å². The number of benzene rings is 1. The van der Waals surface area contributed by atoms with Gasteiger partial charge in [-0.25, -0.2) is 8.78 Å². The minimum atomic E-state index is -0.913. The van der Waals surface area contributed by atoms with Gasteiger partial charge in [-0.2, -0.15) is 0 Å². The van der Waals surface area contributed by atoms with Gasteiger partial charge in [0.2, 0.25) is 0 Å². The second-order valence-corrected chi connectivity index (χ2v) is 4.66. The molecular weight excluding hydrogens is 226 g/mol. The van der Waals surface area contributed by atoms with Gasteiger partial charge in [0.25, 0.3) is 0 Å². The Balaban J connectivity index is 2.17. The van der Waals surface area contributed by atoms with Gasteiger partial charge in [0.05, 0.1) is 5.39 Å². The number of halogens is 2. The molecule has 3 rings (SSSR count). The van der Waals surface area contributed by atoms with Crippen molar-refractivity contribution in [1.82, 2.24) is 0 Å². The highest BCUT2D eigenvalue weighted by Gasteiger charge is 2.33.